The molecular weight excluding hydrogens is 1180 g/mol. The highest BCUT2D eigenvalue weighted by molar-refractivity contribution is 5.94. The quantitative estimate of drug-likeness (QED) is 0.0164. The summed E-state index contributed by atoms with van der Waals surface area (Å²) in [6, 6.07) is 15.9. The van der Waals surface area contributed by atoms with E-state index in [9.17, 15) is 14.4 Å². The van der Waals surface area contributed by atoms with Crippen LogP contribution in [0.15, 0.2) is 85.7 Å². The Labute approximate surface area is 557 Å². The van der Waals surface area contributed by atoms with Crippen LogP contribution in [-0.4, -0.2) is 106 Å². The summed E-state index contributed by atoms with van der Waals surface area (Å²) >= 11 is 0. The zero-order valence-corrected chi connectivity index (χ0v) is 56.8. The second-order valence-electron chi connectivity index (χ2n) is 24.9. The van der Waals surface area contributed by atoms with Crippen LogP contribution in [-0.2, 0) is 75.8 Å². The minimum Gasteiger partial charge on any atom is -0.369 e. The summed E-state index contributed by atoms with van der Waals surface area (Å²) in [6.07, 6.45) is 48.3. The molecule has 23 nitrogen and oxygen atoms in total. The first-order valence-electron chi connectivity index (χ1n) is 35.3. The molecule has 8 rings (SSSR count). The number of aryl methyl sites for hydroxylation is 8. The van der Waals surface area contributed by atoms with Gasteiger partial charge in [0.05, 0.1) is 48.8 Å². The van der Waals surface area contributed by atoms with Crippen LogP contribution in [0.4, 0.5) is 17.8 Å². The molecule has 0 aliphatic heterocycles. The highest BCUT2D eigenvalue weighted by Crippen LogP contribution is 2.16. The van der Waals surface area contributed by atoms with Crippen LogP contribution in [0.2, 0.25) is 0 Å². The van der Waals surface area contributed by atoms with Crippen molar-refractivity contribution in [2.24, 2.45) is 0 Å². The maximum Gasteiger partial charge on any atom is 0.251 e. The summed E-state index contributed by atoms with van der Waals surface area (Å²) in [5.74, 6) is 1.55. The number of unbranched alkanes of at least 4 members (excludes halogenated alkanes) is 18. The molecule has 11 N–H and O–H groups in total. The van der Waals surface area contributed by atoms with Gasteiger partial charge in [-0.05, 0) is 138 Å². The average Bonchev–Trinajstić information content (AvgIpc) is 2.09. The number of ketones is 1. The summed E-state index contributed by atoms with van der Waals surface area (Å²) in [7, 11) is 0. The number of amides is 2. The fraction of sp³-hybridized carbons (Fsp3) is 0.577. The summed E-state index contributed by atoms with van der Waals surface area (Å²) in [6.45, 7) is 9.28. The standard InChI is InChI=1S/C26H39N7O.C24H35N7O.C21H36N6O/c1-2-3-4-5-7-10-21-13-15-22(16-14-21)25(34)28-17-18-33-20-24(31-32-33)12-9-6-8-11-23-19-29-26(27)30-23;1-2-3-5-8-19-11-13-20(14-12-19)23(32)26-15-16-31-18-22(29-30-31)10-7-4-6-9-21-17-27-24(25)28-21;1-2-3-4-5-6-7-8-9-10-14-20(28)17-27-16-19(25-26-27)13-11-12-18-15-23-21(22)24-18/h13-16,19-20H,2-12,17-18H2,1H3,(H,28,34)(H3,27,29,30);11-14,17-18H,2-10,15-16H2,1H3,(H,26,32)(H3,25,27,28);15-16H,2-14,17H2,1H3,(H3,22,23,24). The van der Waals surface area contributed by atoms with Gasteiger partial charge in [-0.3, -0.25) is 23.7 Å². The number of benzene rings is 2. The number of nitrogens with zero attached hydrogens (tertiary/aromatic N) is 12. The zero-order valence-electron chi connectivity index (χ0n) is 56.8. The first-order chi connectivity index (χ1) is 45.9. The van der Waals surface area contributed by atoms with E-state index in [-0.39, 0.29) is 17.6 Å². The van der Waals surface area contributed by atoms with Crippen LogP contribution in [0.5, 0.6) is 0 Å². The highest BCUT2D eigenvalue weighted by Gasteiger charge is 2.11. The number of rotatable bonds is 46. The van der Waals surface area contributed by atoms with E-state index < -0.39 is 0 Å². The minimum atomic E-state index is -0.0514. The lowest BCUT2D eigenvalue weighted by molar-refractivity contribution is -0.120. The molecule has 6 heterocycles. The third-order valence-corrected chi connectivity index (χ3v) is 16.6. The Morgan fingerprint density at radius 3 is 1.15 bits per heavy atom. The van der Waals surface area contributed by atoms with Crippen molar-refractivity contribution in [3.8, 4) is 0 Å². The number of imidazole rings is 3. The lowest BCUT2D eigenvalue weighted by atomic mass is 10.0. The molecule has 512 valence electrons. The molecule has 0 aliphatic carbocycles. The van der Waals surface area contributed by atoms with Crippen molar-refractivity contribution >= 4 is 35.4 Å². The predicted molar refractivity (Wildman–Crippen MR) is 374 cm³/mol. The molecule has 0 saturated carbocycles. The van der Waals surface area contributed by atoms with E-state index in [1.54, 1.807) is 32.6 Å². The number of nitrogens with one attached hydrogen (secondary N) is 5. The van der Waals surface area contributed by atoms with Gasteiger partial charge in [-0.15, -0.1) is 15.3 Å². The van der Waals surface area contributed by atoms with E-state index in [4.69, 9.17) is 17.2 Å². The Balaban J connectivity index is 0.000000225. The van der Waals surface area contributed by atoms with Gasteiger partial charge in [0.2, 0.25) is 0 Å². The largest absolute Gasteiger partial charge is 0.369 e. The Hall–Kier alpha value is -8.50. The number of hydrogen-bond acceptors (Lipinski definition) is 15. The van der Waals surface area contributed by atoms with Gasteiger partial charge < -0.3 is 42.8 Å². The molecule has 2 amide bonds. The maximum absolute atomic E-state index is 12.4. The van der Waals surface area contributed by atoms with Gasteiger partial charge in [-0.25, -0.2) is 19.6 Å². The molecule has 2 aromatic carbocycles. The smallest absolute Gasteiger partial charge is 0.251 e. The Bertz CT molecular complexity index is 3280. The van der Waals surface area contributed by atoms with E-state index in [1.165, 1.54) is 107 Å². The van der Waals surface area contributed by atoms with E-state index in [2.05, 4.69) is 117 Å². The zero-order chi connectivity index (χ0) is 66.6. The number of aromatic nitrogens is 15. The van der Waals surface area contributed by atoms with Gasteiger partial charge in [0.15, 0.2) is 23.6 Å². The molecule has 94 heavy (non-hydrogen) atoms. The molecule has 0 radical (unpaired) electrons. The number of Topliss-reactive ketones (excluding diaryl/α,β-unsaturated/α-hetero) is 1. The van der Waals surface area contributed by atoms with Gasteiger partial charge in [0, 0.05) is 66.3 Å². The molecule has 0 saturated heterocycles. The molecule has 6 aromatic heterocycles. The molecule has 0 aliphatic rings. The number of anilines is 3. The summed E-state index contributed by atoms with van der Waals surface area (Å²) < 4.78 is 5.25. The normalized spacial score (nSPS) is 11.1. The number of H-pyrrole nitrogens is 3. The Kier molecular flexibility index (Phi) is 35.6. The van der Waals surface area contributed by atoms with E-state index in [0.29, 0.717) is 68.1 Å². The van der Waals surface area contributed by atoms with Crippen molar-refractivity contribution in [1.82, 2.24) is 85.5 Å². The molecule has 0 atom stereocenters. The summed E-state index contributed by atoms with van der Waals surface area (Å²) in [5, 5.41) is 31.0. The van der Waals surface area contributed by atoms with Crippen molar-refractivity contribution in [3.05, 3.63) is 142 Å². The minimum absolute atomic E-state index is 0.0474. The van der Waals surface area contributed by atoms with E-state index in [0.717, 1.165) is 143 Å². The number of hydrogen-bond donors (Lipinski definition) is 8. The van der Waals surface area contributed by atoms with E-state index >= 15 is 0 Å². The maximum atomic E-state index is 12.4. The van der Waals surface area contributed by atoms with Crippen LogP contribution < -0.4 is 27.8 Å². The third kappa shape index (κ3) is 31.4. The van der Waals surface area contributed by atoms with Gasteiger partial charge in [0.25, 0.3) is 11.8 Å². The number of aromatic amines is 3. The number of nitrogen functional groups attached to an aromatic ring is 3. The van der Waals surface area contributed by atoms with Crippen LogP contribution in [0.25, 0.3) is 0 Å². The SMILES string of the molecule is CCCCCCCCCCCC(=O)Cn1cc(CCCc2cnc(N)[nH]2)nn1.CCCCCCCc1ccc(C(=O)NCCn2cc(CCCCCc3cnc(N)[nH]3)nn2)cc1.CCCCCc1ccc(C(=O)NCCn2cc(CCCCCc3cnc(N)[nH]3)nn2)cc1. The monoisotopic (exact) mass is 1290 g/mol. The topological polar surface area (TPSA) is 331 Å². The van der Waals surface area contributed by atoms with Gasteiger partial charge >= 0.3 is 0 Å². The highest BCUT2D eigenvalue weighted by atomic mass is 16.2. The average molecular weight is 1290 g/mol. The number of carbonyl (C=O) groups is 3. The van der Waals surface area contributed by atoms with Gasteiger partial charge in [-0.2, -0.15) is 0 Å². The van der Waals surface area contributed by atoms with Crippen LogP contribution >= 0.6 is 0 Å². The first kappa shape index (κ1) is 74.5. The number of carbonyl (C=O) groups excluding carboxylic acids is 3. The van der Waals surface area contributed by atoms with Crippen molar-refractivity contribution in [1.29, 1.82) is 0 Å². The summed E-state index contributed by atoms with van der Waals surface area (Å²) in [5.41, 5.74) is 26.8. The fourth-order valence-corrected chi connectivity index (χ4v) is 11.0. The Morgan fingerprint density at radius 2 is 0.723 bits per heavy atom. The molecule has 0 spiro atoms. The van der Waals surface area contributed by atoms with E-state index in [1.807, 2.05) is 42.9 Å². The molecule has 0 bridgehead atoms. The second-order valence-corrected chi connectivity index (χ2v) is 24.9. The lowest BCUT2D eigenvalue weighted by Crippen LogP contribution is -2.27. The third-order valence-electron chi connectivity index (χ3n) is 16.6. The molecule has 0 unspecified atom stereocenters. The second kappa shape index (κ2) is 44.9. The number of nitrogens with two attached hydrogens (primary N) is 3. The van der Waals surface area contributed by atoms with Crippen LogP contribution in [0.3, 0.4) is 0 Å². The first-order valence-corrected chi connectivity index (χ1v) is 35.3. The van der Waals surface area contributed by atoms with Crippen molar-refractivity contribution < 1.29 is 14.4 Å². The van der Waals surface area contributed by atoms with Crippen LogP contribution in [0, 0.1) is 0 Å². The molecule has 8 aromatic rings. The lowest BCUT2D eigenvalue weighted by Gasteiger charge is -2.06. The molecule has 0 fully saturated rings. The predicted octanol–water partition coefficient (Wildman–Crippen LogP) is 12.4. The van der Waals surface area contributed by atoms with Gasteiger partial charge in [-0.1, -0.05) is 163 Å². The van der Waals surface area contributed by atoms with Gasteiger partial charge in [0.1, 0.15) is 6.54 Å². The molecular formula is C71H110N20O3. The van der Waals surface area contributed by atoms with Crippen molar-refractivity contribution in [2.75, 3.05) is 30.3 Å². The Morgan fingerprint density at radius 1 is 0.394 bits per heavy atom. The molecule has 23 heteroatoms. The van der Waals surface area contributed by atoms with Crippen LogP contribution in [0.1, 0.15) is 247 Å². The summed E-state index contributed by atoms with van der Waals surface area (Å²) in [4.78, 5) is 58.0. The van der Waals surface area contributed by atoms with Crippen molar-refractivity contribution in [2.45, 2.75) is 252 Å². The fourth-order valence-electron chi connectivity index (χ4n) is 11.0. The van der Waals surface area contributed by atoms with Crippen molar-refractivity contribution in [3.63, 3.8) is 0 Å².